The van der Waals surface area contributed by atoms with Crippen molar-refractivity contribution in [1.82, 2.24) is 5.43 Å². The van der Waals surface area contributed by atoms with Crippen LogP contribution in [0, 0.1) is 6.54 Å². The molecule has 0 spiro atoms. The Hall–Kier alpha value is -1.02. The van der Waals surface area contributed by atoms with Crippen molar-refractivity contribution < 1.29 is 0 Å². The first-order valence-corrected chi connectivity index (χ1v) is 2.90. The molecule has 1 aromatic carbocycles. The third-order valence-corrected chi connectivity index (χ3v) is 1.40. The standard InChI is InChI=1S/C7H7N2/c1-2-4-7-6(3-1)5-8-9-7/h1-5,8-9H. The van der Waals surface area contributed by atoms with Gasteiger partial charge in [-0.1, -0.05) is 18.2 Å². The van der Waals surface area contributed by atoms with Crippen LogP contribution in [0.15, 0.2) is 24.3 Å². The molecule has 0 aromatic heterocycles. The maximum absolute atomic E-state index is 2.99. The first-order valence-electron chi connectivity index (χ1n) is 2.90. The van der Waals surface area contributed by atoms with Crippen LogP contribution >= 0.6 is 0 Å². The highest BCUT2D eigenvalue weighted by molar-refractivity contribution is 5.57. The summed E-state index contributed by atoms with van der Waals surface area (Å²) in [6.07, 6.45) is 0. The second kappa shape index (κ2) is 1.74. The van der Waals surface area contributed by atoms with Crippen molar-refractivity contribution in [2.45, 2.75) is 0 Å². The van der Waals surface area contributed by atoms with E-state index in [1.54, 1.807) is 0 Å². The Morgan fingerprint density at radius 3 is 2.89 bits per heavy atom. The maximum Gasteiger partial charge on any atom is 0.0743 e. The topological polar surface area (TPSA) is 24.1 Å². The van der Waals surface area contributed by atoms with Gasteiger partial charge in [-0.3, -0.25) is 0 Å². The van der Waals surface area contributed by atoms with Gasteiger partial charge in [-0.2, -0.15) is 0 Å². The van der Waals surface area contributed by atoms with Gasteiger partial charge in [0.1, 0.15) is 0 Å². The minimum atomic E-state index is 1.15. The molecule has 9 heavy (non-hydrogen) atoms. The summed E-state index contributed by atoms with van der Waals surface area (Å²) in [4.78, 5) is 0. The highest BCUT2D eigenvalue weighted by atomic mass is 15.4. The SMILES string of the molecule is [CH]1NNc2ccccc21. The molecular weight excluding hydrogens is 112 g/mol. The van der Waals surface area contributed by atoms with E-state index in [-0.39, 0.29) is 0 Å². The molecule has 0 amide bonds. The van der Waals surface area contributed by atoms with Crippen LogP contribution in [0.4, 0.5) is 5.69 Å². The minimum absolute atomic E-state index is 1.15. The number of benzene rings is 1. The van der Waals surface area contributed by atoms with Crippen molar-refractivity contribution in [3.8, 4) is 0 Å². The van der Waals surface area contributed by atoms with E-state index < -0.39 is 0 Å². The van der Waals surface area contributed by atoms with Gasteiger partial charge in [-0.25, -0.2) is 5.43 Å². The predicted molar refractivity (Wildman–Crippen MR) is 36.6 cm³/mol. The van der Waals surface area contributed by atoms with Crippen LogP contribution in [0.25, 0.3) is 0 Å². The van der Waals surface area contributed by atoms with Gasteiger partial charge in [0.2, 0.25) is 0 Å². The number of fused-ring (bicyclic) bond motifs is 1. The van der Waals surface area contributed by atoms with Crippen LogP contribution in [-0.2, 0) is 0 Å². The first-order chi connectivity index (χ1) is 4.47. The lowest BCUT2D eigenvalue weighted by Gasteiger charge is -1.93. The molecule has 2 rings (SSSR count). The molecule has 0 aliphatic carbocycles. The van der Waals surface area contributed by atoms with Crippen molar-refractivity contribution in [3.05, 3.63) is 36.4 Å². The number of hydrogen-bond acceptors (Lipinski definition) is 2. The van der Waals surface area contributed by atoms with Gasteiger partial charge in [0.25, 0.3) is 0 Å². The quantitative estimate of drug-likeness (QED) is 0.535. The molecule has 2 heteroatoms. The van der Waals surface area contributed by atoms with Crippen LogP contribution in [-0.4, -0.2) is 0 Å². The van der Waals surface area contributed by atoms with E-state index in [4.69, 9.17) is 0 Å². The molecule has 45 valence electrons. The van der Waals surface area contributed by atoms with Gasteiger partial charge in [0.15, 0.2) is 0 Å². The number of para-hydroxylation sites is 1. The Bertz CT molecular complexity index is 197. The Kier molecular flexibility index (Phi) is 0.932. The van der Waals surface area contributed by atoms with Crippen LogP contribution in [0.2, 0.25) is 0 Å². The average Bonchev–Trinajstić information content (AvgIpc) is 2.33. The third kappa shape index (κ3) is 0.678. The number of rotatable bonds is 0. The molecule has 0 bridgehead atoms. The summed E-state index contributed by atoms with van der Waals surface area (Å²) in [6, 6.07) is 8.12. The van der Waals surface area contributed by atoms with Crippen LogP contribution in [0.3, 0.4) is 0 Å². The lowest BCUT2D eigenvalue weighted by molar-refractivity contribution is 1.04. The predicted octanol–water partition coefficient (Wildman–Crippen LogP) is 1.13. The van der Waals surface area contributed by atoms with Gasteiger partial charge < -0.3 is 5.43 Å². The monoisotopic (exact) mass is 119 g/mol. The lowest BCUT2D eigenvalue weighted by atomic mass is 10.2. The van der Waals surface area contributed by atoms with E-state index in [0.29, 0.717) is 0 Å². The maximum atomic E-state index is 2.99. The van der Waals surface area contributed by atoms with Gasteiger partial charge >= 0.3 is 0 Å². The average molecular weight is 119 g/mol. The summed E-state index contributed by atoms with van der Waals surface area (Å²) in [5.74, 6) is 0. The summed E-state index contributed by atoms with van der Waals surface area (Å²) >= 11 is 0. The normalized spacial score (nSPS) is 14.7. The molecule has 0 fully saturated rings. The third-order valence-electron chi connectivity index (χ3n) is 1.40. The fourth-order valence-electron chi connectivity index (χ4n) is 0.928. The molecular formula is C7H7N2. The van der Waals surface area contributed by atoms with Crippen molar-refractivity contribution in [2.24, 2.45) is 0 Å². The van der Waals surface area contributed by atoms with Crippen molar-refractivity contribution >= 4 is 5.69 Å². The zero-order chi connectivity index (χ0) is 6.10. The summed E-state index contributed by atoms with van der Waals surface area (Å²) in [7, 11) is 0. The van der Waals surface area contributed by atoms with E-state index in [2.05, 4.69) is 16.9 Å². The molecule has 1 radical (unpaired) electrons. The fraction of sp³-hybridized carbons (Fsp3) is 0. The van der Waals surface area contributed by atoms with Crippen LogP contribution in [0.1, 0.15) is 5.56 Å². The molecule has 0 saturated heterocycles. The van der Waals surface area contributed by atoms with Crippen LogP contribution < -0.4 is 10.9 Å². The molecule has 2 nitrogen and oxygen atoms in total. The summed E-state index contributed by atoms with van der Waals surface area (Å²) in [5, 5.41) is 0. The van der Waals surface area contributed by atoms with E-state index in [1.165, 1.54) is 5.56 Å². The van der Waals surface area contributed by atoms with Gasteiger partial charge in [0.05, 0.1) is 12.2 Å². The summed E-state index contributed by atoms with van der Waals surface area (Å²) in [5.41, 5.74) is 8.28. The Morgan fingerprint density at radius 1 is 1.11 bits per heavy atom. The summed E-state index contributed by atoms with van der Waals surface area (Å²) in [6.45, 7) is 1.94. The molecule has 0 unspecified atom stereocenters. The zero-order valence-electron chi connectivity index (χ0n) is 4.89. The van der Waals surface area contributed by atoms with Gasteiger partial charge in [-0.05, 0) is 11.6 Å². The Labute approximate surface area is 53.9 Å². The summed E-state index contributed by atoms with van der Waals surface area (Å²) < 4.78 is 0. The molecule has 1 aromatic rings. The molecule has 2 N–H and O–H groups in total. The molecule has 1 aliphatic heterocycles. The van der Waals surface area contributed by atoms with E-state index in [1.807, 2.05) is 24.7 Å². The molecule has 0 saturated carbocycles. The smallest absolute Gasteiger partial charge is 0.0743 e. The van der Waals surface area contributed by atoms with E-state index >= 15 is 0 Å². The Morgan fingerprint density at radius 2 is 2.00 bits per heavy atom. The lowest BCUT2D eigenvalue weighted by Crippen LogP contribution is -2.08. The number of nitrogens with one attached hydrogen (secondary N) is 2. The second-order valence-electron chi connectivity index (χ2n) is 2.00. The second-order valence-corrected chi connectivity index (χ2v) is 2.00. The Balaban J connectivity index is 2.54. The van der Waals surface area contributed by atoms with Crippen molar-refractivity contribution in [3.63, 3.8) is 0 Å². The molecule has 1 aliphatic rings. The highest BCUT2D eigenvalue weighted by Gasteiger charge is 2.05. The number of hydrogen-bond donors (Lipinski definition) is 2. The number of anilines is 1. The largest absolute Gasteiger partial charge is 0.321 e. The van der Waals surface area contributed by atoms with E-state index in [9.17, 15) is 0 Å². The van der Waals surface area contributed by atoms with Crippen molar-refractivity contribution in [1.29, 1.82) is 0 Å². The first kappa shape index (κ1) is 4.82. The molecule has 1 heterocycles. The fourth-order valence-corrected chi connectivity index (χ4v) is 0.928. The number of hydrazine groups is 1. The van der Waals surface area contributed by atoms with Crippen molar-refractivity contribution in [2.75, 3.05) is 5.43 Å². The highest BCUT2D eigenvalue weighted by Crippen LogP contribution is 2.18. The molecule has 0 atom stereocenters. The van der Waals surface area contributed by atoms with Crippen LogP contribution in [0.5, 0.6) is 0 Å². The zero-order valence-corrected chi connectivity index (χ0v) is 4.89. The van der Waals surface area contributed by atoms with Gasteiger partial charge in [0, 0.05) is 0 Å². The van der Waals surface area contributed by atoms with E-state index in [0.717, 1.165) is 5.69 Å². The van der Waals surface area contributed by atoms with Gasteiger partial charge in [-0.15, -0.1) is 0 Å². The minimum Gasteiger partial charge on any atom is -0.321 e.